The number of anilines is 1. The number of nitrogens with zero attached hydrogens (tertiary/aromatic N) is 2. The highest BCUT2D eigenvalue weighted by molar-refractivity contribution is 5.86. The van der Waals surface area contributed by atoms with Crippen LogP contribution >= 0.6 is 0 Å². The number of carboxylic acids is 1. The van der Waals surface area contributed by atoms with E-state index in [1.807, 2.05) is 20.8 Å². The molecule has 0 aliphatic rings. The van der Waals surface area contributed by atoms with Crippen LogP contribution in [0.4, 0.5) is 5.82 Å². The average Bonchev–Trinajstić information content (AvgIpc) is 2.26. The van der Waals surface area contributed by atoms with E-state index in [1.165, 1.54) is 10.7 Å². The number of hydrogen-bond acceptors (Lipinski definition) is 3. The molecule has 1 aromatic rings. The molecule has 0 radical (unpaired) electrons. The van der Waals surface area contributed by atoms with E-state index in [2.05, 4.69) is 10.4 Å². The van der Waals surface area contributed by atoms with Gasteiger partial charge in [-0.3, -0.25) is 4.68 Å². The fourth-order valence-corrected chi connectivity index (χ4v) is 1.11. The van der Waals surface area contributed by atoms with Crippen molar-refractivity contribution in [3.63, 3.8) is 0 Å². The summed E-state index contributed by atoms with van der Waals surface area (Å²) in [6.45, 7) is 5.96. The summed E-state index contributed by atoms with van der Waals surface area (Å²) in [5, 5.41) is 15.9. The summed E-state index contributed by atoms with van der Waals surface area (Å²) >= 11 is 0. The standard InChI is InChI=1S/C9H15N3O2/c1-9(2,3)10-7-5-6(8(13)14)12(4)11-7/h5H,1-4H3,(H,10,11)(H,13,14). The second-order valence-corrected chi connectivity index (χ2v) is 4.22. The van der Waals surface area contributed by atoms with Gasteiger partial charge in [-0.2, -0.15) is 5.10 Å². The molecule has 5 nitrogen and oxygen atoms in total. The molecule has 1 aromatic heterocycles. The summed E-state index contributed by atoms with van der Waals surface area (Å²) in [6.07, 6.45) is 0. The van der Waals surface area contributed by atoms with E-state index in [-0.39, 0.29) is 11.2 Å². The van der Waals surface area contributed by atoms with Crippen LogP contribution in [-0.2, 0) is 7.05 Å². The molecule has 14 heavy (non-hydrogen) atoms. The molecule has 0 fully saturated rings. The number of carboxylic acid groups (broad SMARTS) is 1. The Morgan fingerprint density at radius 1 is 1.57 bits per heavy atom. The van der Waals surface area contributed by atoms with Gasteiger partial charge in [0.15, 0.2) is 0 Å². The molecule has 0 amide bonds. The summed E-state index contributed by atoms with van der Waals surface area (Å²) in [7, 11) is 1.61. The lowest BCUT2D eigenvalue weighted by molar-refractivity contribution is 0.0685. The highest BCUT2D eigenvalue weighted by Gasteiger charge is 2.15. The van der Waals surface area contributed by atoms with E-state index in [9.17, 15) is 4.79 Å². The smallest absolute Gasteiger partial charge is 0.354 e. The van der Waals surface area contributed by atoms with Crippen molar-refractivity contribution >= 4 is 11.8 Å². The van der Waals surface area contributed by atoms with Crippen molar-refractivity contribution in [3.8, 4) is 0 Å². The first-order valence-electron chi connectivity index (χ1n) is 4.35. The SMILES string of the molecule is Cn1nc(NC(C)(C)C)cc1C(=O)O. The van der Waals surface area contributed by atoms with Crippen molar-refractivity contribution in [3.05, 3.63) is 11.8 Å². The zero-order valence-electron chi connectivity index (χ0n) is 8.83. The van der Waals surface area contributed by atoms with Crippen LogP contribution in [0.15, 0.2) is 6.07 Å². The number of aromatic nitrogens is 2. The van der Waals surface area contributed by atoms with Gasteiger partial charge in [0.25, 0.3) is 0 Å². The average molecular weight is 197 g/mol. The third-order valence-corrected chi connectivity index (χ3v) is 1.60. The summed E-state index contributed by atoms with van der Waals surface area (Å²) in [6, 6.07) is 1.52. The maximum absolute atomic E-state index is 10.7. The van der Waals surface area contributed by atoms with E-state index in [0.717, 1.165) is 0 Å². The van der Waals surface area contributed by atoms with Gasteiger partial charge in [-0.25, -0.2) is 4.79 Å². The largest absolute Gasteiger partial charge is 0.477 e. The molecule has 1 rings (SSSR count). The van der Waals surface area contributed by atoms with Gasteiger partial charge < -0.3 is 10.4 Å². The molecule has 2 N–H and O–H groups in total. The first kappa shape index (κ1) is 10.6. The molecule has 0 saturated heterocycles. The van der Waals surface area contributed by atoms with Crippen LogP contribution in [0.3, 0.4) is 0 Å². The minimum absolute atomic E-state index is 0.121. The van der Waals surface area contributed by atoms with Crippen molar-refractivity contribution in [1.82, 2.24) is 9.78 Å². The highest BCUT2D eigenvalue weighted by atomic mass is 16.4. The molecule has 0 spiro atoms. The van der Waals surface area contributed by atoms with Gasteiger partial charge in [-0.05, 0) is 20.8 Å². The Hall–Kier alpha value is -1.52. The first-order chi connectivity index (χ1) is 6.29. The van der Waals surface area contributed by atoms with Crippen LogP contribution in [-0.4, -0.2) is 26.4 Å². The van der Waals surface area contributed by atoms with E-state index in [1.54, 1.807) is 7.05 Å². The zero-order valence-corrected chi connectivity index (χ0v) is 8.83. The number of aryl methyl sites for hydroxylation is 1. The second-order valence-electron chi connectivity index (χ2n) is 4.22. The van der Waals surface area contributed by atoms with Crippen LogP contribution in [0.5, 0.6) is 0 Å². The van der Waals surface area contributed by atoms with Gasteiger partial charge in [0.2, 0.25) is 0 Å². The highest BCUT2D eigenvalue weighted by Crippen LogP contribution is 2.14. The minimum Gasteiger partial charge on any atom is -0.477 e. The molecule has 0 atom stereocenters. The molecule has 0 aromatic carbocycles. The van der Waals surface area contributed by atoms with Gasteiger partial charge in [0.05, 0.1) is 0 Å². The Morgan fingerprint density at radius 3 is 2.50 bits per heavy atom. The number of carbonyl (C=O) groups is 1. The number of nitrogens with one attached hydrogen (secondary N) is 1. The van der Waals surface area contributed by atoms with Crippen LogP contribution in [0.25, 0.3) is 0 Å². The monoisotopic (exact) mass is 197 g/mol. The maximum Gasteiger partial charge on any atom is 0.354 e. The Bertz CT molecular complexity index is 349. The first-order valence-corrected chi connectivity index (χ1v) is 4.35. The van der Waals surface area contributed by atoms with Gasteiger partial charge >= 0.3 is 5.97 Å². The Labute approximate surface area is 82.7 Å². The van der Waals surface area contributed by atoms with Gasteiger partial charge in [-0.15, -0.1) is 0 Å². The van der Waals surface area contributed by atoms with Crippen LogP contribution in [0, 0.1) is 0 Å². The summed E-state index contributed by atoms with van der Waals surface area (Å²) in [5.74, 6) is -0.389. The molecule has 0 saturated carbocycles. The molecule has 0 aliphatic carbocycles. The van der Waals surface area contributed by atoms with Gasteiger partial charge in [0, 0.05) is 18.7 Å². The quantitative estimate of drug-likeness (QED) is 0.750. The minimum atomic E-state index is -0.970. The number of rotatable bonds is 2. The van der Waals surface area contributed by atoms with Crippen LogP contribution in [0.1, 0.15) is 31.3 Å². The molecule has 0 bridgehead atoms. The van der Waals surface area contributed by atoms with E-state index in [0.29, 0.717) is 5.82 Å². The molecule has 0 unspecified atom stereocenters. The van der Waals surface area contributed by atoms with Crippen molar-refractivity contribution in [1.29, 1.82) is 0 Å². The lowest BCUT2D eigenvalue weighted by Gasteiger charge is -2.19. The van der Waals surface area contributed by atoms with Crippen molar-refractivity contribution in [2.24, 2.45) is 7.05 Å². The normalized spacial score (nSPS) is 11.4. The predicted molar refractivity (Wildman–Crippen MR) is 53.5 cm³/mol. The third kappa shape index (κ3) is 2.48. The lowest BCUT2D eigenvalue weighted by Crippen LogP contribution is -2.26. The fraction of sp³-hybridized carbons (Fsp3) is 0.556. The topological polar surface area (TPSA) is 67.2 Å². The molecule has 0 aliphatic heterocycles. The Balaban J connectivity index is 2.92. The molecular formula is C9H15N3O2. The van der Waals surface area contributed by atoms with E-state index < -0.39 is 5.97 Å². The summed E-state index contributed by atoms with van der Waals surface area (Å²) < 4.78 is 1.34. The number of aromatic carboxylic acids is 1. The lowest BCUT2D eigenvalue weighted by atomic mass is 10.1. The fourth-order valence-electron chi connectivity index (χ4n) is 1.11. The molecule has 1 heterocycles. The van der Waals surface area contributed by atoms with Crippen molar-refractivity contribution in [2.75, 3.05) is 5.32 Å². The van der Waals surface area contributed by atoms with E-state index >= 15 is 0 Å². The Kier molecular flexibility index (Phi) is 2.51. The van der Waals surface area contributed by atoms with Crippen molar-refractivity contribution < 1.29 is 9.90 Å². The van der Waals surface area contributed by atoms with Crippen LogP contribution < -0.4 is 5.32 Å². The van der Waals surface area contributed by atoms with Gasteiger partial charge in [0.1, 0.15) is 11.5 Å². The third-order valence-electron chi connectivity index (χ3n) is 1.60. The van der Waals surface area contributed by atoms with Crippen LogP contribution in [0.2, 0.25) is 0 Å². The molecule has 78 valence electrons. The molecular weight excluding hydrogens is 182 g/mol. The second kappa shape index (κ2) is 3.32. The number of hydrogen-bond donors (Lipinski definition) is 2. The van der Waals surface area contributed by atoms with Crippen molar-refractivity contribution in [2.45, 2.75) is 26.3 Å². The van der Waals surface area contributed by atoms with E-state index in [4.69, 9.17) is 5.11 Å². The predicted octanol–water partition coefficient (Wildman–Crippen LogP) is 1.33. The van der Waals surface area contributed by atoms with Gasteiger partial charge in [-0.1, -0.05) is 0 Å². The summed E-state index contributed by atoms with van der Waals surface area (Å²) in [4.78, 5) is 10.7. The summed E-state index contributed by atoms with van der Waals surface area (Å²) in [5.41, 5.74) is 0.0566. The maximum atomic E-state index is 10.7. The zero-order chi connectivity index (χ0) is 10.9. The Morgan fingerprint density at radius 2 is 2.14 bits per heavy atom. The molecule has 5 heteroatoms.